The predicted molar refractivity (Wildman–Crippen MR) is 76.2 cm³/mol. The summed E-state index contributed by atoms with van der Waals surface area (Å²) in [6.45, 7) is 6.40. The third-order valence-electron chi connectivity index (χ3n) is 3.32. The molecule has 0 saturated carbocycles. The summed E-state index contributed by atoms with van der Waals surface area (Å²) in [6, 6.07) is 5.06. The summed E-state index contributed by atoms with van der Waals surface area (Å²) < 4.78 is 5.68. The Morgan fingerprint density at radius 3 is 2.65 bits per heavy atom. The molecule has 1 saturated heterocycles. The van der Waals surface area contributed by atoms with Crippen molar-refractivity contribution in [3.05, 3.63) is 33.9 Å². The largest absolute Gasteiger partial charge is 0.373 e. The lowest BCUT2D eigenvalue weighted by atomic mass is 10.1. The van der Waals surface area contributed by atoms with Crippen LogP contribution in [0.1, 0.15) is 19.4 Å². The Bertz CT molecular complexity index is 485. The van der Waals surface area contributed by atoms with Crippen LogP contribution in [0, 0.1) is 10.1 Å². The maximum absolute atomic E-state index is 11.0. The minimum atomic E-state index is -0.427. The number of rotatable bonds is 4. The summed E-state index contributed by atoms with van der Waals surface area (Å²) in [4.78, 5) is 12.8. The molecule has 1 aliphatic heterocycles. The number of benzene rings is 1. The van der Waals surface area contributed by atoms with Gasteiger partial charge in [0.25, 0.3) is 5.69 Å². The van der Waals surface area contributed by atoms with E-state index in [1.54, 1.807) is 12.1 Å². The van der Waals surface area contributed by atoms with E-state index in [1.807, 2.05) is 19.9 Å². The van der Waals surface area contributed by atoms with Crippen molar-refractivity contribution in [2.75, 3.05) is 18.5 Å². The van der Waals surface area contributed by atoms with Crippen LogP contribution in [0.4, 0.5) is 11.4 Å². The Hall–Kier alpha value is -1.70. The molecule has 0 spiro atoms. The molecule has 3 N–H and O–H groups in total. The van der Waals surface area contributed by atoms with Gasteiger partial charge in [0, 0.05) is 25.7 Å². The van der Waals surface area contributed by atoms with Crippen molar-refractivity contribution in [2.45, 2.75) is 32.6 Å². The molecule has 110 valence electrons. The lowest BCUT2D eigenvalue weighted by Crippen LogP contribution is -2.44. The predicted octanol–water partition coefficient (Wildman–Crippen LogP) is 1.49. The smallest absolute Gasteiger partial charge is 0.293 e. The average Bonchev–Trinajstić information content (AvgIpc) is 2.37. The number of hydrogen-bond acceptors (Lipinski definition) is 6. The van der Waals surface area contributed by atoms with Crippen LogP contribution < -0.4 is 11.3 Å². The summed E-state index contributed by atoms with van der Waals surface area (Å²) in [5, 5.41) is 11.0. The van der Waals surface area contributed by atoms with E-state index in [4.69, 9.17) is 10.6 Å². The van der Waals surface area contributed by atoms with Crippen LogP contribution in [0.2, 0.25) is 0 Å². The zero-order chi connectivity index (χ0) is 14.7. The van der Waals surface area contributed by atoms with Crippen molar-refractivity contribution in [3.63, 3.8) is 0 Å². The summed E-state index contributed by atoms with van der Waals surface area (Å²) in [5.41, 5.74) is 3.57. The van der Waals surface area contributed by atoms with E-state index in [1.165, 1.54) is 0 Å². The molecule has 1 aliphatic rings. The van der Waals surface area contributed by atoms with Gasteiger partial charge in [-0.25, -0.2) is 0 Å². The highest BCUT2D eigenvalue weighted by atomic mass is 16.6. The fourth-order valence-corrected chi connectivity index (χ4v) is 2.62. The van der Waals surface area contributed by atoms with Gasteiger partial charge in [-0.05, 0) is 25.5 Å². The van der Waals surface area contributed by atoms with Gasteiger partial charge in [0.15, 0.2) is 0 Å². The second kappa shape index (κ2) is 6.17. The number of nitrogens with zero attached hydrogens (tertiary/aromatic N) is 2. The van der Waals surface area contributed by atoms with Gasteiger partial charge in [0.1, 0.15) is 5.69 Å². The molecular formula is C13H20N4O3. The lowest BCUT2D eigenvalue weighted by molar-refractivity contribution is -0.384. The zero-order valence-corrected chi connectivity index (χ0v) is 11.7. The van der Waals surface area contributed by atoms with Crippen LogP contribution >= 0.6 is 0 Å². The summed E-state index contributed by atoms with van der Waals surface area (Å²) in [6.07, 6.45) is 0.359. The first-order chi connectivity index (χ1) is 9.49. The van der Waals surface area contributed by atoms with Crippen LogP contribution in [0.3, 0.4) is 0 Å². The number of nitrogen functional groups attached to an aromatic ring is 1. The van der Waals surface area contributed by atoms with Crippen LogP contribution in [0.15, 0.2) is 18.2 Å². The van der Waals surface area contributed by atoms with Crippen molar-refractivity contribution in [1.29, 1.82) is 0 Å². The number of hydrogen-bond donors (Lipinski definition) is 2. The second-order valence-electron chi connectivity index (χ2n) is 5.20. The van der Waals surface area contributed by atoms with E-state index in [0.29, 0.717) is 12.2 Å². The van der Waals surface area contributed by atoms with Crippen LogP contribution in [-0.2, 0) is 11.3 Å². The molecule has 0 aromatic heterocycles. The van der Waals surface area contributed by atoms with Crippen molar-refractivity contribution >= 4 is 11.4 Å². The number of anilines is 1. The minimum absolute atomic E-state index is 0.000596. The van der Waals surface area contributed by atoms with Crippen LogP contribution in [-0.4, -0.2) is 35.1 Å². The zero-order valence-electron chi connectivity index (χ0n) is 11.7. The number of nitro groups is 1. The average molecular weight is 280 g/mol. The maximum Gasteiger partial charge on any atom is 0.293 e. The SMILES string of the molecule is C[C@@H]1CN(Cc2ccc(NN)c([N+](=O)[O-])c2)C[C@H](C)O1. The van der Waals surface area contributed by atoms with E-state index in [9.17, 15) is 10.1 Å². The number of nitrogens with one attached hydrogen (secondary N) is 1. The van der Waals surface area contributed by atoms with E-state index in [2.05, 4.69) is 10.3 Å². The Morgan fingerprint density at radius 1 is 1.45 bits per heavy atom. The van der Waals surface area contributed by atoms with E-state index in [-0.39, 0.29) is 17.9 Å². The number of nitro benzene ring substituents is 1. The molecule has 2 atom stereocenters. The van der Waals surface area contributed by atoms with Crippen molar-refractivity contribution in [3.8, 4) is 0 Å². The lowest BCUT2D eigenvalue weighted by Gasteiger charge is -2.35. The molecule has 0 aliphatic carbocycles. The van der Waals surface area contributed by atoms with Gasteiger partial charge in [-0.1, -0.05) is 6.07 Å². The minimum Gasteiger partial charge on any atom is -0.373 e. The molecule has 1 aromatic carbocycles. The van der Waals surface area contributed by atoms with Gasteiger partial charge in [-0.2, -0.15) is 0 Å². The first kappa shape index (κ1) is 14.7. The third kappa shape index (κ3) is 3.44. The number of hydrazine groups is 1. The normalized spacial score (nSPS) is 23.6. The highest BCUT2D eigenvalue weighted by molar-refractivity contribution is 5.61. The number of ether oxygens (including phenoxy) is 1. The molecule has 0 amide bonds. The van der Waals surface area contributed by atoms with Gasteiger partial charge >= 0.3 is 0 Å². The van der Waals surface area contributed by atoms with Gasteiger partial charge in [0.05, 0.1) is 17.1 Å². The van der Waals surface area contributed by atoms with E-state index < -0.39 is 4.92 Å². The number of morpholine rings is 1. The molecule has 1 fully saturated rings. The van der Waals surface area contributed by atoms with Gasteiger partial charge < -0.3 is 10.2 Å². The molecule has 1 heterocycles. The van der Waals surface area contributed by atoms with Gasteiger partial charge in [-0.15, -0.1) is 0 Å². The highest BCUT2D eigenvalue weighted by Gasteiger charge is 2.23. The summed E-state index contributed by atoms with van der Waals surface area (Å²) in [5.74, 6) is 5.28. The first-order valence-corrected chi connectivity index (χ1v) is 6.61. The molecule has 0 bridgehead atoms. The maximum atomic E-state index is 11.0. The van der Waals surface area contributed by atoms with Crippen molar-refractivity contribution in [2.24, 2.45) is 5.84 Å². The number of nitrogens with two attached hydrogens (primary N) is 1. The van der Waals surface area contributed by atoms with Crippen LogP contribution in [0.25, 0.3) is 0 Å². The third-order valence-corrected chi connectivity index (χ3v) is 3.32. The fourth-order valence-electron chi connectivity index (χ4n) is 2.62. The van der Waals surface area contributed by atoms with Crippen LogP contribution in [0.5, 0.6) is 0 Å². The molecule has 0 unspecified atom stereocenters. The molecule has 20 heavy (non-hydrogen) atoms. The standard InChI is InChI=1S/C13H20N4O3/c1-9-6-16(7-10(2)20-9)8-11-3-4-12(15-14)13(5-11)17(18)19/h3-5,9-10,15H,6-8,14H2,1-2H3/t9-,10+. The summed E-state index contributed by atoms with van der Waals surface area (Å²) in [7, 11) is 0. The van der Waals surface area contributed by atoms with Gasteiger partial charge in [-0.3, -0.25) is 20.9 Å². The van der Waals surface area contributed by atoms with Gasteiger partial charge in [0.2, 0.25) is 0 Å². The summed E-state index contributed by atoms with van der Waals surface area (Å²) >= 11 is 0. The quantitative estimate of drug-likeness (QED) is 0.493. The molecular weight excluding hydrogens is 260 g/mol. The first-order valence-electron chi connectivity index (χ1n) is 6.61. The Kier molecular flexibility index (Phi) is 4.53. The highest BCUT2D eigenvalue weighted by Crippen LogP contribution is 2.25. The van der Waals surface area contributed by atoms with E-state index >= 15 is 0 Å². The second-order valence-corrected chi connectivity index (χ2v) is 5.20. The Balaban J connectivity index is 2.13. The molecule has 0 radical (unpaired) electrons. The Labute approximate surface area is 117 Å². The van der Waals surface area contributed by atoms with E-state index in [0.717, 1.165) is 18.7 Å². The molecule has 7 heteroatoms. The van der Waals surface area contributed by atoms with Crippen molar-refractivity contribution in [1.82, 2.24) is 4.90 Å². The fraction of sp³-hybridized carbons (Fsp3) is 0.538. The van der Waals surface area contributed by atoms with Crippen molar-refractivity contribution < 1.29 is 9.66 Å². The monoisotopic (exact) mass is 280 g/mol. The topological polar surface area (TPSA) is 93.7 Å². The Morgan fingerprint density at radius 2 is 2.10 bits per heavy atom. The molecule has 7 nitrogen and oxygen atoms in total. The molecule has 1 aromatic rings. The molecule has 2 rings (SSSR count).